The Balaban J connectivity index is 2.75. The molecule has 0 unspecified atom stereocenters. The highest BCUT2D eigenvalue weighted by Crippen LogP contribution is 2.16. The van der Waals surface area contributed by atoms with Crippen molar-refractivity contribution in [2.24, 2.45) is 0 Å². The van der Waals surface area contributed by atoms with Gasteiger partial charge in [-0.1, -0.05) is 0 Å². The largest absolute Gasteiger partial charge is 0.438 e. The maximum absolute atomic E-state index is 5.17. The zero-order valence-electron chi connectivity index (χ0n) is 5.40. The molecule has 2 heterocycles. The SMILES string of the molecule is Cc1nnc2cncc-2o1. The second-order valence-corrected chi connectivity index (χ2v) is 1.98. The van der Waals surface area contributed by atoms with Gasteiger partial charge in [0.1, 0.15) is 5.69 Å². The minimum Gasteiger partial charge on any atom is -0.438 e. The van der Waals surface area contributed by atoms with Crippen LogP contribution in [0.5, 0.6) is 0 Å². The molecular formula is C6H5N3O. The van der Waals surface area contributed by atoms with Gasteiger partial charge in [-0.05, 0) is 0 Å². The van der Waals surface area contributed by atoms with E-state index >= 15 is 0 Å². The first-order valence-electron chi connectivity index (χ1n) is 2.90. The summed E-state index contributed by atoms with van der Waals surface area (Å²) < 4.78 is 5.17. The summed E-state index contributed by atoms with van der Waals surface area (Å²) in [5, 5.41) is 7.56. The molecule has 2 rings (SSSR count). The molecule has 0 radical (unpaired) electrons. The van der Waals surface area contributed by atoms with Crippen molar-refractivity contribution in [1.29, 1.82) is 0 Å². The van der Waals surface area contributed by atoms with Gasteiger partial charge in [-0.15, -0.1) is 10.2 Å². The second-order valence-electron chi connectivity index (χ2n) is 1.98. The van der Waals surface area contributed by atoms with Gasteiger partial charge in [-0.2, -0.15) is 0 Å². The Morgan fingerprint density at radius 2 is 2.20 bits per heavy atom. The predicted octanol–water partition coefficient (Wildman–Crippen LogP) is 0.878. The van der Waals surface area contributed by atoms with Gasteiger partial charge in [-0.25, -0.2) is 0 Å². The van der Waals surface area contributed by atoms with Gasteiger partial charge >= 0.3 is 0 Å². The molecule has 2 aliphatic rings. The molecule has 0 fully saturated rings. The molecule has 0 amide bonds. The van der Waals surface area contributed by atoms with Gasteiger partial charge in [0.05, 0.1) is 12.4 Å². The Bertz CT molecular complexity index is 317. The topological polar surface area (TPSA) is 51.8 Å². The van der Waals surface area contributed by atoms with E-state index in [1.807, 2.05) is 0 Å². The fourth-order valence-corrected chi connectivity index (χ4v) is 0.763. The van der Waals surface area contributed by atoms with Crippen LogP contribution in [0, 0.1) is 6.92 Å². The van der Waals surface area contributed by atoms with Crippen molar-refractivity contribution in [1.82, 2.24) is 15.2 Å². The highest BCUT2D eigenvalue weighted by molar-refractivity contribution is 5.49. The van der Waals surface area contributed by atoms with E-state index in [-0.39, 0.29) is 0 Å². The van der Waals surface area contributed by atoms with E-state index in [9.17, 15) is 0 Å². The van der Waals surface area contributed by atoms with Crippen LogP contribution in [0.25, 0.3) is 11.5 Å². The first-order valence-corrected chi connectivity index (χ1v) is 2.90. The number of aromatic nitrogens is 3. The van der Waals surface area contributed by atoms with Crippen LogP contribution in [-0.4, -0.2) is 15.2 Å². The van der Waals surface area contributed by atoms with Crippen molar-refractivity contribution in [3.63, 3.8) is 0 Å². The Labute approximate surface area is 57.3 Å². The maximum atomic E-state index is 5.17. The number of nitrogens with zero attached hydrogens (tertiary/aromatic N) is 3. The van der Waals surface area contributed by atoms with Crippen LogP contribution in [0.1, 0.15) is 5.89 Å². The van der Waals surface area contributed by atoms with Crippen LogP contribution in [-0.2, 0) is 0 Å². The average Bonchev–Trinajstić information content (AvgIpc) is 2.33. The smallest absolute Gasteiger partial charge is 0.211 e. The highest BCUT2D eigenvalue weighted by atomic mass is 16.3. The van der Waals surface area contributed by atoms with Gasteiger partial charge < -0.3 is 4.42 Å². The molecule has 0 spiro atoms. The Morgan fingerprint density at radius 1 is 1.30 bits per heavy atom. The standard InChI is InChI=1S/C6H5N3O/c1-4-8-9-5-2-7-3-6(5)10-4/h2-3H,1H3. The van der Waals surface area contributed by atoms with E-state index in [0.29, 0.717) is 17.3 Å². The van der Waals surface area contributed by atoms with Crippen molar-refractivity contribution in [3.05, 3.63) is 18.3 Å². The molecule has 0 saturated heterocycles. The minimum atomic E-state index is 0.556. The number of rotatable bonds is 0. The number of hydrogen-bond donors (Lipinski definition) is 0. The van der Waals surface area contributed by atoms with Crippen LogP contribution in [0.3, 0.4) is 0 Å². The predicted molar refractivity (Wildman–Crippen MR) is 33.5 cm³/mol. The molecule has 0 aromatic carbocycles. The molecule has 50 valence electrons. The Hall–Kier alpha value is -1.45. The second kappa shape index (κ2) is 1.76. The lowest BCUT2D eigenvalue weighted by Gasteiger charge is -1.93. The van der Waals surface area contributed by atoms with Crippen LogP contribution in [0.2, 0.25) is 0 Å². The highest BCUT2D eigenvalue weighted by Gasteiger charge is 2.06. The van der Waals surface area contributed by atoms with E-state index in [1.165, 1.54) is 0 Å². The van der Waals surface area contributed by atoms with Crippen LogP contribution in [0.15, 0.2) is 16.8 Å². The van der Waals surface area contributed by atoms with Crippen molar-refractivity contribution in [3.8, 4) is 11.5 Å². The number of aryl methyl sites for hydroxylation is 1. The molecule has 0 aromatic heterocycles. The molecule has 4 nitrogen and oxygen atoms in total. The summed E-state index contributed by atoms with van der Waals surface area (Å²) in [6, 6.07) is 0. The van der Waals surface area contributed by atoms with Gasteiger partial charge in [-0.3, -0.25) is 4.98 Å². The molecule has 0 bridgehead atoms. The van der Waals surface area contributed by atoms with Gasteiger partial charge in [0.2, 0.25) is 5.89 Å². The first-order chi connectivity index (χ1) is 4.86. The molecule has 0 saturated carbocycles. The van der Waals surface area contributed by atoms with E-state index in [4.69, 9.17) is 4.42 Å². The number of fused-ring (bicyclic) bond motifs is 1. The monoisotopic (exact) mass is 135 g/mol. The summed E-state index contributed by atoms with van der Waals surface area (Å²) in [5.41, 5.74) is 0.700. The lowest BCUT2D eigenvalue weighted by molar-refractivity contribution is 0.487. The molecule has 10 heavy (non-hydrogen) atoms. The third kappa shape index (κ3) is 0.655. The van der Waals surface area contributed by atoms with Crippen LogP contribution < -0.4 is 0 Å². The average molecular weight is 135 g/mol. The minimum absolute atomic E-state index is 0.556. The van der Waals surface area contributed by atoms with E-state index < -0.39 is 0 Å². The zero-order valence-corrected chi connectivity index (χ0v) is 5.40. The van der Waals surface area contributed by atoms with Gasteiger partial charge in [0, 0.05) is 6.92 Å². The molecule has 2 aliphatic heterocycles. The zero-order chi connectivity index (χ0) is 6.97. The lowest BCUT2D eigenvalue weighted by Crippen LogP contribution is -1.88. The fourth-order valence-electron chi connectivity index (χ4n) is 0.763. The van der Waals surface area contributed by atoms with E-state index in [1.54, 1.807) is 19.3 Å². The van der Waals surface area contributed by atoms with Crippen molar-refractivity contribution >= 4 is 0 Å². The molecule has 0 aromatic rings. The van der Waals surface area contributed by atoms with Gasteiger partial charge in [0.25, 0.3) is 0 Å². The molecule has 4 heteroatoms. The van der Waals surface area contributed by atoms with E-state index in [0.717, 1.165) is 0 Å². The summed E-state index contributed by atoms with van der Waals surface area (Å²) in [5.74, 6) is 1.24. The molecule has 0 atom stereocenters. The molecular weight excluding hydrogens is 130 g/mol. The maximum Gasteiger partial charge on any atom is 0.211 e. The van der Waals surface area contributed by atoms with Crippen molar-refractivity contribution in [2.75, 3.05) is 0 Å². The van der Waals surface area contributed by atoms with Crippen LogP contribution >= 0.6 is 0 Å². The Kier molecular flexibility index (Phi) is 0.943. The number of hydrogen-bond acceptors (Lipinski definition) is 4. The normalized spacial score (nSPS) is 10.5. The quantitative estimate of drug-likeness (QED) is 0.538. The third-order valence-electron chi connectivity index (χ3n) is 1.20. The van der Waals surface area contributed by atoms with Gasteiger partial charge in [0.15, 0.2) is 5.76 Å². The van der Waals surface area contributed by atoms with Crippen molar-refractivity contribution < 1.29 is 4.42 Å². The van der Waals surface area contributed by atoms with Crippen LogP contribution in [0.4, 0.5) is 0 Å². The summed E-state index contributed by atoms with van der Waals surface area (Å²) in [4.78, 5) is 3.85. The Morgan fingerprint density at radius 3 is 3.10 bits per heavy atom. The third-order valence-corrected chi connectivity index (χ3v) is 1.20. The first kappa shape index (κ1) is 5.34. The molecule has 0 aliphatic carbocycles. The van der Waals surface area contributed by atoms with Crippen molar-refractivity contribution in [2.45, 2.75) is 6.92 Å². The lowest BCUT2D eigenvalue weighted by atomic mass is 10.4. The summed E-state index contributed by atoms with van der Waals surface area (Å²) in [7, 11) is 0. The van der Waals surface area contributed by atoms with E-state index in [2.05, 4.69) is 15.2 Å². The molecule has 0 N–H and O–H groups in total. The summed E-state index contributed by atoms with van der Waals surface area (Å²) in [6.07, 6.45) is 3.24. The fraction of sp³-hybridized carbons (Fsp3) is 0.167. The summed E-state index contributed by atoms with van der Waals surface area (Å²) in [6.45, 7) is 1.75. The summed E-state index contributed by atoms with van der Waals surface area (Å²) >= 11 is 0.